The van der Waals surface area contributed by atoms with Gasteiger partial charge in [-0.15, -0.1) is 0 Å². The van der Waals surface area contributed by atoms with Gasteiger partial charge in [-0.1, -0.05) is 0 Å². The van der Waals surface area contributed by atoms with E-state index in [0.717, 1.165) is 5.69 Å². The number of aromatic nitrogens is 2. The van der Waals surface area contributed by atoms with Gasteiger partial charge in [0, 0.05) is 26.5 Å². The number of amides is 2. The van der Waals surface area contributed by atoms with Crippen molar-refractivity contribution in [2.75, 3.05) is 27.3 Å². The lowest BCUT2D eigenvalue weighted by molar-refractivity contribution is 0.0100. The summed E-state index contributed by atoms with van der Waals surface area (Å²) in [4.78, 5) is 31.8. The van der Waals surface area contributed by atoms with E-state index >= 15 is 0 Å². The number of ether oxygens (including phenoxy) is 2. The minimum absolute atomic E-state index is 0.213. The van der Waals surface area contributed by atoms with Crippen molar-refractivity contribution < 1.29 is 24.2 Å². The number of hydrogen-bond acceptors (Lipinski definition) is 5. The number of likely N-dealkylation sites (tertiary alicyclic amines) is 1. The van der Waals surface area contributed by atoms with Gasteiger partial charge < -0.3 is 29.8 Å². The highest BCUT2D eigenvalue weighted by molar-refractivity contribution is 5.91. The summed E-state index contributed by atoms with van der Waals surface area (Å²) in [5.41, 5.74) is 1.46. The fraction of sp³-hybridized carbons (Fsp3) is 0.643. The summed E-state index contributed by atoms with van der Waals surface area (Å²) in [7, 11) is 3.07. The Morgan fingerprint density at radius 2 is 2.22 bits per heavy atom. The maximum absolute atomic E-state index is 12.3. The van der Waals surface area contributed by atoms with Gasteiger partial charge in [-0.25, -0.2) is 9.78 Å². The van der Waals surface area contributed by atoms with Crippen LogP contribution in [0.2, 0.25) is 0 Å². The van der Waals surface area contributed by atoms with Crippen LogP contribution in [0.3, 0.4) is 0 Å². The molecule has 23 heavy (non-hydrogen) atoms. The Morgan fingerprint density at radius 3 is 2.83 bits per heavy atom. The SMILES string of the molecule is COCc1nc(C(=O)N[C@H]2CCN(C(=O)O)C[C@H]2OC)[nH]c1C. The van der Waals surface area contributed by atoms with Gasteiger partial charge >= 0.3 is 6.09 Å². The van der Waals surface area contributed by atoms with E-state index in [-0.39, 0.29) is 24.3 Å². The van der Waals surface area contributed by atoms with Crippen molar-refractivity contribution in [3.8, 4) is 0 Å². The summed E-state index contributed by atoms with van der Waals surface area (Å²) in [5, 5.41) is 11.9. The third-order valence-corrected chi connectivity index (χ3v) is 3.93. The molecular formula is C14H22N4O5. The van der Waals surface area contributed by atoms with E-state index in [9.17, 15) is 9.59 Å². The lowest BCUT2D eigenvalue weighted by atomic mass is 10.0. The van der Waals surface area contributed by atoms with Crippen molar-refractivity contribution in [1.29, 1.82) is 0 Å². The molecule has 0 aliphatic carbocycles. The number of carbonyl (C=O) groups excluding carboxylic acids is 1. The number of methoxy groups -OCH3 is 2. The van der Waals surface area contributed by atoms with Crippen molar-refractivity contribution in [3.63, 3.8) is 0 Å². The van der Waals surface area contributed by atoms with Crippen LogP contribution in [-0.2, 0) is 16.1 Å². The van der Waals surface area contributed by atoms with Crippen LogP contribution < -0.4 is 5.32 Å². The zero-order chi connectivity index (χ0) is 17.0. The van der Waals surface area contributed by atoms with E-state index < -0.39 is 12.2 Å². The molecule has 1 fully saturated rings. The molecule has 128 valence electrons. The number of H-pyrrole nitrogens is 1. The van der Waals surface area contributed by atoms with Crippen LogP contribution in [0.5, 0.6) is 0 Å². The number of carbonyl (C=O) groups is 2. The molecule has 1 aromatic heterocycles. The summed E-state index contributed by atoms with van der Waals surface area (Å²) in [5.74, 6) is -0.128. The monoisotopic (exact) mass is 326 g/mol. The zero-order valence-electron chi connectivity index (χ0n) is 13.5. The van der Waals surface area contributed by atoms with Crippen molar-refractivity contribution in [1.82, 2.24) is 20.2 Å². The first-order valence-electron chi connectivity index (χ1n) is 7.32. The zero-order valence-corrected chi connectivity index (χ0v) is 13.5. The van der Waals surface area contributed by atoms with Crippen LogP contribution in [0.1, 0.15) is 28.4 Å². The van der Waals surface area contributed by atoms with E-state index in [1.807, 2.05) is 6.92 Å². The predicted molar refractivity (Wildman–Crippen MR) is 80.3 cm³/mol. The highest BCUT2D eigenvalue weighted by Gasteiger charge is 2.33. The highest BCUT2D eigenvalue weighted by Crippen LogP contribution is 2.15. The summed E-state index contributed by atoms with van der Waals surface area (Å²) >= 11 is 0. The number of aryl methyl sites for hydroxylation is 1. The van der Waals surface area contributed by atoms with Gasteiger partial charge in [-0.3, -0.25) is 4.79 Å². The summed E-state index contributed by atoms with van der Waals surface area (Å²) in [6, 6.07) is -0.264. The molecule has 1 aliphatic rings. The second-order valence-corrected chi connectivity index (χ2v) is 5.46. The van der Waals surface area contributed by atoms with Crippen LogP contribution in [-0.4, -0.2) is 71.4 Å². The first kappa shape index (κ1) is 17.2. The molecule has 0 unspecified atom stereocenters. The predicted octanol–water partition coefficient (Wildman–Crippen LogP) is 0.362. The molecule has 9 nitrogen and oxygen atoms in total. The Hall–Kier alpha value is -2.13. The maximum atomic E-state index is 12.3. The third-order valence-electron chi connectivity index (χ3n) is 3.93. The minimum Gasteiger partial charge on any atom is -0.465 e. The molecule has 1 aliphatic heterocycles. The standard InChI is InChI=1S/C14H22N4O5/c1-8-10(7-22-2)16-12(15-8)13(19)17-9-4-5-18(14(20)21)6-11(9)23-3/h9,11H,4-7H2,1-3H3,(H,15,16)(H,17,19)(H,20,21)/t9-,11+/m0/s1. The largest absolute Gasteiger partial charge is 0.465 e. The lowest BCUT2D eigenvalue weighted by Crippen LogP contribution is -2.55. The molecule has 2 rings (SSSR count). The van der Waals surface area contributed by atoms with Gasteiger partial charge in [-0.05, 0) is 13.3 Å². The second-order valence-electron chi connectivity index (χ2n) is 5.46. The summed E-state index contributed by atoms with van der Waals surface area (Å²) in [6.45, 7) is 2.73. The average molecular weight is 326 g/mol. The van der Waals surface area contributed by atoms with Crippen LogP contribution in [0, 0.1) is 6.92 Å². The molecule has 1 aromatic rings. The first-order valence-corrected chi connectivity index (χ1v) is 7.32. The molecule has 2 amide bonds. The Labute approximate surface area is 134 Å². The van der Waals surface area contributed by atoms with Gasteiger partial charge in [0.05, 0.1) is 31.0 Å². The van der Waals surface area contributed by atoms with Gasteiger partial charge in [0.1, 0.15) is 0 Å². The fourth-order valence-electron chi connectivity index (χ4n) is 2.61. The Balaban J connectivity index is 2.01. The molecule has 1 saturated heterocycles. The average Bonchev–Trinajstić information content (AvgIpc) is 2.89. The quantitative estimate of drug-likeness (QED) is 0.719. The first-order chi connectivity index (χ1) is 11.0. The summed E-state index contributed by atoms with van der Waals surface area (Å²) < 4.78 is 10.3. The van der Waals surface area contributed by atoms with Crippen LogP contribution >= 0.6 is 0 Å². The van der Waals surface area contributed by atoms with Gasteiger partial charge in [-0.2, -0.15) is 0 Å². The van der Waals surface area contributed by atoms with E-state index in [2.05, 4.69) is 15.3 Å². The topological polar surface area (TPSA) is 117 Å². The molecule has 3 N–H and O–H groups in total. The molecule has 2 atom stereocenters. The molecule has 0 aromatic carbocycles. The van der Waals surface area contributed by atoms with Gasteiger partial charge in [0.25, 0.3) is 5.91 Å². The normalized spacial score (nSPS) is 21.3. The minimum atomic E-state index is -0.984. The maximum Gasteiger partial charge on any atom is 0.407 e. The number of nitrogens with one attached hydrogen (secondary N) is 2. The number of hydrogen-bond donors (Lipinski definition) is 3. The number of imidazole rings is 1. The number of piperidine rings is 1. The Kier molecular flexibility index (Phi) is 5.56. The van der Waals surface area contributed by atoms with Crippen molar-refractivity contribution in [3.05, 3.63) is 17.2 Å². The number of aromatic amines is 1. The number of nitrogens with zero attached hydrogens (tertiary/aromatic N) is 2. The second kappa shape index (κ2) is 7.42. The van der Waals surface area contributed by atoms with Crippen molar-refractivity contribution in [2.24, 2.45) is 0 Å². The smallest absolute Gasteiger partial charge is 0.407 e. The van der Waals surface area contributed by atoms with Gasteiger partial charge in [0.15, 0.2) is 5.82 Å². The van der Waals surface area contributed by atoms with E-state index in [4.69, 9.17) is 14.6 Å². The highest BCUT2D eigenvalue weighted by atomic mass is 16.5. The van der Waals surface area contributed by atoms with Gasteiger partial charge in [0.2, 0.25) is 0 Å². The van der Waals surface area contributed by atoms with Crippen LogP contribution in [0.15, 0.2) is 0 Å². The van der Waals surface area contributed by atoms with E-state index in [1.54, 1.807) is 7.11 Å². The summed E-state index contributed by atoms with van der Waals surface area (Å²) in [6.07, 6.45) is -0.887. The van der Waals surface area contributed by atoms with Crippen molar-refractivity contribution >= 4 is 12.0 Å². The van der Waals surface area contributed by atoms with Crippen LogP contribution in [0.4, 0.5) is 4.79 Å². The van der Waals surface area contributed by atoms with E-state index in [0.29, 0.717) is 25.3 Å². The molecule has 0 saturated carbocycles. The van der Waals surface area contributed by atoms with Crippen molar-refractivity contribution in [2.45, 2.75) is 32.1 Å². The molecular weight excluding hydrogens is 304 g/mol. The van der Waals surface area contributed by atoms with Crippen LogP contribution in [0.25, 0.3) is 0 Å². The molecule has 0 radical (unpaired) electrons. The third kappa shape index (κ3) is 3.99. The molecule has 9 heteroatoms. The number of carboxylic acid groups (broad SMARTS) is 1. The number of rotatable bonds is 5. The fourth-order valence-corrected chi connectivity index (χ4v) is 2.61. The Morgan fingerprint density at radius 1 is 1.48 bits per heavy atom. The Bertz CT molecular complexity index is 574. The molecule has 0 spiro atoms. The lowest BCUT2D eigenvalue weighted by Gasteiger charge is -2.36. The molecule has 2 heterocycles. The molecule has 0 bridgehead atoms. The van der Waals surface area contributed by atoms with E-state index in [1.165, 1.54) is 12.0 Å².